The Balaban J connectivity index is 1.60. The molecule has 4 aromatic rings. The summed E-state index contributed by atoms with van der Waals surface area (Å²) in [6, 6.07) is 16.5. The van der Waals surface area contributed by atoms with Crippen LogP contribution in [0.1, 0.15) is 43.2 Å². The van der Waals surface area contributed by atoms with E-state index in [4.69, 9.17) is 27.7 Å². The van der Waals surface area contributed by atoms with Crippen LogP contribution in [-0.2, 0) is 32.0 Å². The summed E-state index contributed by atoms with van der Waals surface area (Å²) < 4.78 is 5.51. The monoisotopic (exact) mass is 727 g/mol. The average Bonchev–Trinajstić information content (AvgIpc) is 3.53. The second kappa shape index (κ2) is 19.5. The first-order chi connectivity index (χ1) is 25.5. The number of hydrogen-bond donors (Lipinski definition) is 9. The van der Waals surface area contributed by atoms with Crippen molar-refractivity contribution < 1.29 is 29.0 Å². The number of unbranched alkanes of at least 4 members (excludes halogenated alkanes) is 1. The number of H-pyrrole nitrogens is 1. The van der Waals surface area contributed by atoms with Crippen LogP contribution in [-0.4, -0.2) is 78.0 Å². The van der Waals surface area contributed by atoms with Crippen molar-refractivity contribution in [2.75, 3.05) is 20.2 Å². The van der Waals surface area contributed by atoms with Crippen molar-refractivity contribution in [3.63, 3.8) is 0 Å². The summed E-state index contributed by atoms with van der Waals surface area (Å²) in [5, 5.41) is 19.1. The summed E-state index contributed by atoms with van der Waals surface area (Å²) >= 11 is 0. The van der Waals surface area contributed by atoms with Gasteiger partial charge in [0.05, 0.1) is 7.11 Å². The van der Waals surface area contributed by atoms with E-state index in [1.165, 1.54) is 6.07 Å². The van der Waals surface area contributed by atoms with Crippen LogP contribution in [0.4, 0.5) is 0 Å². The maximum atomic E-state index is 14.1. The minimum Gasteiger partial charge on any atom is -0.508 e. The van der Waals surface area contributed by atoms with Gasteiger partial charge in [0.1, 0.15) is 29.6 Å². The summed E-state index contributed by atoms with van der Waals surface area (Å²) in [6.07, 6.45) is 3.58. The van der Waals surface area contributed by atoms with E-state index in [9.17, 15) is 24.3 Å². The van der Waals surface area contributed by atoms with Crippen molar-refractivity contribution in [3.8, 4) is 22.6 Å². The van der Waals surface area contributed by atoms with Gasteiger partial charge in [-0.15, -0.1) is 0 Å². The number of phenolic OH excluding ortho intramolecular Hbond substituents is 1. The number of carbonyl (C=O) groups excluding carboxylic acids is 4. The highest BCUT2D eigenvalue weighted by atomic mass is 16.5. The number of guanidine groups is 1. The van der Waals surface area contributed by atoms with E-state index in [1.54, 1.807) is 25.4 Å². The third kappa shape index (κ3) is 11.7. The predicted octanol–water partition coefficient (Wildman–Crippen LogP) is 1.46. The second-order valence-electron chi connectivity index (χ2n) is 12.7. The highest BCUT2D eigenvalue weighted by Gasteiger charge is 2.30. The van der Waals surface area contributed by atoms with Gasteiger partial charge < -0.3 is 53.7 Å². The van der Waals surface area contributed by atoms with Crippen molar-refractivity contribution >= 4 is 40.5 Å². The number of benzene rings is 3. The number of aromatic nitrogens is 1. The second-order valence-corrected chi connectivity index (χ2v) is 12.7. The first kappa shape index (κ1) is 39.7. The first-order valence-corrected chi connectivity index (χ1v) is 17.4. The summed E-state index contributed by atoms with van der Waals surface area (Å²) in [7, 11) is 1.60. The largest absolute Gasteiger partial charge is 0.508 e. The first-order valence-electron chi connectivity index (χ1n) is 17.4. The molecule has 0 aliphatic carbocycles. The lowest BCUT2D eigenvalue weighted by Gasteiger charge is -2.25. The molecule has 1 aromatic heterocycles. The van der Waals surface area contributed by atoms with Crippen LogP contribution >= 0.6 is 0 Å². The number of aromatic amines is 1. The number of hydrogen-bond acceptors (Lipinski definition) is 8. The molecule has 0 fully saturated rings. The van der Waals surface area contributed by atoms with E-state index in [1.807, 2.05) is 48.5 Å². The Bertz CT molecular complexity index is 1890. The Labute approximate surface area is 307 Å². The Morgan fingerprint density at radius 2 is 1.55 bits per heavy atom. The van der Waals surface area contributed by atoms with Crippen LogP contribution in [0.15, 0.2) is 77.9 Å². The number of phenols is 1. The fraction of sp³-hybridized carbons (Fsp3) is 0.342. The summed E-state index contributed by atoms with van der Waals surface area (Å²) in [5.74, 6) is -1.69. The Hall–Kier alpha value is -6.09. The van der Waals surface area contributed by atoms with Gasteiger partial charge in [-0.05, 0) is 73.2 Å². The van der Waals surface area contributed by atoms with Gasteiger partial charge in [-0.25, -0.2) is 0 Å². The molecule has 0 saturated heterocycles. The smallest absolute Gasteiger partial charge is 0.243 e. The molecule has 4 rings (SSSR count). The van der Waals surface area contributed by atoms with Crippen LogP contribution in [0.3, 0.4) is 0 Å². The SMILES string of the molecule is COc1ccccc1-c1ccc(C[C@H](NC(=O)[C@H](Cc2c[nH]c3ccc(O)cc23)NC(=O)CCCN)C(=O)N[C@@H](CCCCN=C(N)N)C(N)=O)cc1. The Kier molecular flexibility index (Phi) is 14.6. The number of para-hydroxylation sites is 1. The number of ether oxygens (including phenoxy) is 1. The molecule has 13 N–H and O–H groups in total. The van der Waals surface area contributed by atoms with Crippen LogP contribution in [0.5, 0.6) is 11.5 Å². The van der Waals surface area contributed by atoms with Crippen LogP contribution < -0.4 is 43.6 Å². The van der Waals surface area contributed by atoms with Gasteiger partial charge in [-0.1, -0.05) is 42.5 Å². The normalized spacial score (nSPS) is 12.6. The standard InChI is InChI=1S/C38H49N9O6/c1-53-33-9-3-2-7-27(33)24-13-11-23(12-14-24)19-31(36(51)46-30(35(40)50)8-4-5-18-43-38(41)42)47-37(52)32(45-34(49)10-6-17-39)20-25-22-44-29-16-15-26(48)21-28(25)29/h2-3,7,9,11-16,21-22,30-32,44,48H,4-6,8,10,17-20,39H2,1H3,(H2,40,50)(H,45,49)(H,46,51)(H,47,52)(H4,41,42,43)/t30-,31-,32-/m0/s1. The summed E-state index contributed by atoms with van der Waals surface area (Å²) in [4.78, 5) is 60.4. The molecule has 0 radical (unpaired) electrons. The number of primary amides is 1. The number of aromatic hydroxyl groups is 1. The maximum Gasteiger partial charge on any atom is 0.243 e. The molecule has 3 aromatic carbocycles. The molecule has 53 heavy (non-hydrogen) atoms. The molecule has 282 valence electrons. The lowest BCUT2D eigenvalue weighted by Crippen LogP contribution is -2.57. The molecule has 15 heteroatoms. The Morgan fingerprint density at radius 1 is 0.849 bits per heavy atom. The highest BCUT2D eigenvalue weighted by Crippen LogP contribution is 2.30. The molecule has 0 saturated carbocycles. The number of aliphatic imine (C=N–C) groups is 1. The van der Waals surface area contributed by atoms with E-state index in [2.05, 4.69) is 25.9 Å². The third-order valence-electron chi connectivity index (χ3n) is 8.73. The average molecular weight is 728 g/mol. The highest BCUT2D eigenvalue weighted by molar-refractivity contribution is 5.95. The zero-order chi connectivity index (χ0) is 38.3. The summed E-state index contributed by atoms with van der Waals surface area (Å²) in [6.45, 7) is 0.638. The molecule has 15 nitrogen and oxygen atoms in total. The van der Waals surface area contributed by atoms with Crippen molar-refractivity contribution in [1.82, 2.24) is 20.9 Å². The number of amides is 4. The predicted molar refractivity (Wildman–Crippen MR) is 204 cm³/mol. The quantitative estimate of drug-likeness (QED) is 0.0362. The fourth-order valence-corrected chi connectivity index (χ4v) is 5.94. The molecule has 0 aliphatic rings. The number of fused-ring (bicyclic) bond motifs is 1. The number of methoxy groups -OCH3 is 1. The lowest BCUT2D eigenvalue weighted by atomic mass is 9.98. The molecule has 0 spiro atoms. The minimum atomic E-state index is -1.17. The number of rotatable bonds is 20. The van der Waals surface area contributed by atoms with E-state index in [0.717, 1.165) is 16.6 Å². The number of carbonyl (C=O) groups is 4. The lowest BCUT2D eigenvalue weighted by molar-refractivity contribution is -0.133. The van der Waals surface area contributed by atoms with Crippen LogP contribution in [0.2, 0.25) is 0 Å². The van der Waals surface area contributed by atoms with Crippen molar-refractivity contribution in [3.05, 3.63) is 84.1 Å². The van der Waals surface area contributed by atoms with Gasteiger partial charge in [-0.2, -0.15) is 0 Å². The number of nitrogens with one attached hydrogen (secondary N) is 4. The van der Waals surface area contributed by atoms with E-state index >= 15 is 0 Å². The van der Waals surface area contributed by atoms with Gasteiger partial charge in [-0.3, -0.25) is 24.2 Å². The van der Waals surface area contributed by atoms with E-state index in [-0.39, 0.29) is 43.3 Å². The van der Waals surface area contributed by atoms with Crippen LogP contribution in [0.25, 0.3) is 22.0 Å². The van der Waals surface area contributed by atoms with Crippen molar-refractivity contribution in [2.24, 2.45) is 27.9 Å². The summed E-state index contributed by atoms with van der Waals surface area (Å²) in [5.41, 5.74) is 25.9. The maximum absolute atomic E-state index is 14.1. The molecule has 4 amide bonds. The number of nitrogens with two attached hydrogens (primary N) is 4. The minimum absolute atomic E-state index is 0.0417. The Morgan fingerprint density at radius 3 is 2.23 bits per heavy atom. The van der Waals surface area contributed by atoms with Crippen LogP contribution in [0, 0.1) is 0 Å². The molecular formula is C38H49N9O6. The van der Waals surface area contributed by atoms with Gasteiger partial charge in [0.15, 0.2) is 5.96 Å². The molecule has 0 bridgehead atoms. The van der Waals surface area contributed by atoms with Crippen molar-refractivity contribution in [2.45, 2.75) is 63.1 Å². The van der Waals surface area contributed by atoms with Crippen molar-refractivity contribution in [1.29, 1.82) is 0 Å². The number of nitrogens with zero attached hydrogens (tertiary/aromatic N) is 1. The zero-order valence-corrected chi connectivity index (χ0v) is 29.8. The van der Waals surface area contributed by atoms with E-state index < -0.39 is 35.8 Å². The third-order valence-corrected chi connectivity index (χ3v) is 8.73. The van der Waals surface area contributed by atoms with E-state index in [0.29, 0.717) is 54.6 Å². The van der Waals surface area contributed by atoms with Gasteiger partial charge >= 0.3 is 0 Å². The van der Waals surface area contributed by atoms with Gasteiger partial charge in [0, 0.05) is 48.5 Å². The fourth-order valence-electron chi connectivity index (χ4n) is 5.94. The zero-order valence-electron chi connectivity index (χ0n) is 29.8. The molecule has 0 unspecified atom stereocenters. The molecule has 3 atom stereocenters. The topological polar surface area (TPSA) is 266 Å². The molecule has 1 heterocycles. The van der Waals surface area contributed by atoms with Gasteiger partial charge in [0.25, 0.3) is 0 Å². The van der Waals surface area contributed by atoms with Gasteiger partial charge in [0.2, 0.25) is 23.6 Å². The molecular weight excluding hydrogens is 678 g/mol. The molecule has 0 aliphatic heterocycles.